The number of thiophene rings is 1. The number of nitrogens with zero attached hydrogens (tertiary/aromatic N) is 1. The monoisotopic (exact) mass is 298 g/mol. The lowest BCUT2D eigenvalue weighted by Gasteiger charge is -2.27. The highest BCUT2D eigenvalue weighted by Crippen LogP contribution is 2.21. The summed E-state index contributed by atoms with van der Waals surface area (Å²) < 4.78 is 0. The molecule has 1 aromatic heterocycles. The Morgan fingerprint density at radius 3 is 2.84 bits per heavy atom. The molecule has 1 aromatic rings. The molecule has 4 heteroatoms. The number of piperidine rings is 1. The van der Waals surface area contributed by atoms with Gasteiger partial charge in [-0.1, -0.05) is 6.07 Å². The summed E-state index contributed by atoms with van der Waals surface area (Å²) in [7, 11) is 0. The Kier molecular flexibility index (Phi) is 6.71. The van der Waals surface area contributed by atoms with E-state index in [1.54, 1.807) is 0 Å². The fourth-order valence-electron chi connectivity index (χ4n) is 2.42. The Bertz CT molecular complexity index is 332. The van der Waals surface area contributed by atoms with E-state index in [0.717, 1.165) is 11.8 Å². The first-order valence-electron chi connectivity index (χ1n) is 7.34. The fourth-order valence-corrected chi connectivity index (χ4v) is 4.39. The average molecular weight is 299 g/mol. The highest BCUT2D eigenvalue weighted by Gasteiger charge is 2.15. The van der Waals surface area contributed by atoms with Crippen LogP contribution in [0, 0.1) is 0 Å². The highest BCUT2D eigenvalue weighted by molar-refractivity contribution is 7.99. The van der Waals surface area contributed by atoms with Crippen molar-refractivity contribution in [3.63, 3.8) is 0 Å². The second-order valence-corrected chi connectivity index (χ2v) is 7.90. The van der Waals surface area contributed by atoms with Crippen molar-refractivity contribution in [2.45, 2.75) is 44.5 Å². The van der Waals surface area contributed by atoms with Crippen LogP contribution in [0.2, 0.25) is 0 Å². The normalized spacial score (nSPS) is 17.5. The third kappa shape index (κ3) is 5.46. The van der Waals surface area contributed by atoms with Crippen molar-refractivity contribution >= 4 is 23.1 Å². The first-order valence-corrected chi connectivity index (χ1v) is 9.27. The lowest BCUT2D eigenvalue weighted by atomic mass is 10.2. The average Bonchev–Trinajstić information content (AvgIpc) is 2.91. The highest BCUT2D eigenvalue weighted by atomic mass is 32.2. The van der Waals surface area contributed by atoms with Gasteiger partial charge in [0.25, 0.3) is 0 Å². The smallest absolute Gasteiger partial charge is 0.0330 e. The van der Waals surface area contributed by atoms with Gasteiger partial charge in [-0.2, -0.15) is 11.8 Å². The maximum atomic E-state index is 3.44. The van der Waals surface area contributed by atoms with E-state index in [9.17, 15) is 0 Å². The van der Waals surface area contributed by atoms with Gasteiger partial charge >= 0.3 is 0 Å². The first-order chi connectivity index (χ1) is 9.25. The van der Waals surface area contributed by atoms with Crippen molar-refractivity contribution in [3.8, 4) is 0 Å². The zero-order chi connectivity index (χ0) is 13.5. The number of rotatable bonds is 7. The van der Waals surface area contributed by atoms with Crippen LogP contribution in [0.4, 0.5) is 0 Å². The van der Waals surface area contributed by atoms with E-state index in [4.69, 9.17) is 0 Å². The van der Waals surface area contributed by atoms with Crippen LogP contribution in [0.3, 0.4) is 0 Å². The summed E-state index contributed by atoms with van der Waals surface area (Å²) in [6.07, 6.45) is 2.69. The van der Waals surface area contributed by atoms with E-state index >= 15 is 0 Å². The van der Waals surface area contributed by atoms with Gasteiger partial charge in [0.2, 0.25) is 0 Å². The van der Waals surface area contributed by atoms with Gasteiger partial charge in [0.05, 0.1) is 0 Å². The summed E-state index contributed by atoms with van der Waals surface area (Å²) >= 11 is 4.05. The molecule has 2 nitrogen and oxygen atoms in total. The van der Waals surface area contributed by atoms with Crippen molar-refractivity contribution in [1.29, 1.82) is 0 Å². The molecular formula is C15H26N2S2. The number of nitrogens with one attached hydrogen (secondary N) is 1. The molecule has 0 atom stereocenters. The summed E-state index contributed by atoms with van der Waals surface area (Å²) in [6.45, 7) is 9.36. The van der Waals surface area contributed by atoms with E-state index in [1.165, 1.54) is 43.1 Å². The molecule has 1 saturated heterocycles. The van der Waals surface area contributed by atoms with Crippen LogP contribution in [0.1, 0.15) is 31.6 Å². The minimum Gasteiger partial charge on any atom is -0.317 e. The zero-order valence-corrected chi connectivity index (χ0v) is 13.7. The summed E-state index contributed by atoms with van der Waals surface area (Å²) in [4.78, 5) is 4.08. The Balaban J connectivity index is 1.70. The maximum Gasteiger partial charge on any atom is 0.0330 e. The molecule has 108 valence electrons. The van der Waals surface area contributed by atoms with Crippen LogP contribution >= 0.6 is 23.1 Å². The van der Waals surface area contributed by atoms with Gasteiger partial charge < -0.3 is 5.32 Å². The fraction of sp³-hybridized carbons (Fsp3) is 0.733. The molecule has 1 fully saturated rings. The maximum absolute atomic E-state index is 3.44. The van der Waals surface area contributed by atoms with Crippen molar-refractivity contribution < 1.29 is 0 Å². The lowest BCUT2D eigenvalue weighted by molar-refractivity contribution is 0.229. The van der Waals surface area contributed by atoms with Gasteiger partial charge in [-0.25, -0.2) is 0 Å². The van der Waals surface area contributed by atoms with Crippen LogP contribution in [-0.4, -0.2) is 41.6 Å². The summed E-state index contributed by atoms with van der Waals surface area (Å²) in [5, 5.41) is 6.50. The van der Waals surface area contributed by atoms with E-state index in [-0.39, 0.29) is 0 Å². The largest absolute Gasteiger partial charge is 0.317 e. The molecule has 0 aliphatic carbocycles. The predicted octanol–water partition coefficient (Wildman–Crippen LogP) is 3.44. The Labute approximate surface area is 126 Å². The quantitative estimate of drug-likeness (QED) is 0.830. The molecule has 0 aromatic carbocycles. The predicted molar refractivity (Wildman–Crippen MR) is 88.2 cm³/mol. The minimum atomic E-state index is 0.635. The van der Waals surface area contributed by atoms with E-state index < -0.39 is 0 Å². The molecule has 2 heterocycles. The molecule has 1 aliphatic rings. The SMILES string of the molecule is CC(C)N(CCSC1CCNCC1)Cc1cccs1. The summed E-state index contributed by atoms with van der Waals surface area (Å²) in [5.74, 6) is 1.27. The number of hydrogen-bond acceptors (Lipinski definition) is 4. The van der Waals surface area contributed by atoms with E-state index in [0.29, 0.717) is 6.04 Å². The van der Waals surface area contributed by atoms with Crippen molar-refractivity contribution in [2.24, 2.45) is 0 Å². The van der Waals surface area contributed by atoms with Gasteiger partial charge in [-0.15, -0.1) is 11.3 Å². The molecule has 0 amide bonds. The van der Waals surface area contributed by atoms with Crippen molar-refractivity contribution in [3.05, 3.63) is 22.4 Å². The van der Waals surface area contributed by atoms with Crippen LogP contribution in [0.25, 0.3) is 0 Å². The molecule has 1 N–H and O–H groups in total. The van der Waals surface area contributed by atoms with Crippen LogP contribution in [-0.2, 0) is 6.54 Å². The van der Waals surface area contributed by atoms with Crippen LogP contribution in [0.5, 0.6) is 0 Å². The second kappa shape index (κ2) is 8.30. The molecule has 0 bridgehead atoms. The molecular weight excluding hydrogens is 272 g/mol. The third-order valence-corrected chi connectivity index (χ3v) is 5.91. The second-order valence-electron chi connectivity index (χ2n) is 5.46. The molecule has 0 spiro atoms. The first kappa shape index (κ1) is 15.4. The lowest BCUT2D eigenvalue weighted by Crippen LogP contribution is -2.33. The molecule has 19 heavy (non-hydrogen) atoms. The standard InChI is InChI=1S/C15H26N2S2/c1-13(2)17(12-15-4-3-10-18-15)9-11-19-14-5-7-16-8-6-14/h3-4,10,13-14,16H,5-9,11-12H2,1-2H3. The summed E-state index contributed by atoms with van der Waals surface area (Å²) in [6, 6.07) is 5.04. The molecule has 1 aliphatic heterocycles. The molecule has 0 unspecified atom stereocenters. The number of thioether (sulfide) groups is 1. The van der Waals surface area contributed by atoms with Gasteiger partial charge in [0.15, 0.2) is 0 Å². The van der Waals surface area contributed by atoms with Gasteiger partial charge in [-0.3, -0.25) is 4.90 Å². The Morgan fingerprint density at radius 2 is 2.21 bits per heavy atom. The van der Waals surface area contributed by atoms with Gasteiger partial charge in [-0.05, 0) is 51.2 Å². The van der Waals surface area contributed by atoms with Crippen molar-refractivity contribution in [2.75, 3.05) is 25.4 Å². The van der Waals surface area contributed by atoms with Crippen LogP contribution in [0.15, 0.2) is 17.5 Å². The molecule has 0 radical (unpaired) electrons. The minimum absolute atomic E-state index is 0.635. The zero-order valence-electron chi connectivity index (χ0n) is 12.1. The Hall–Kier alpha value is -0.0300. The Morgan fingerprint density at radius 1 is 1.42 bits per heavy atom. The molecule has 0 saturated carbocycles. The van der Waals surface area contributed by atoms with Gasteiger partial charge in [0.1, 0.15) is 0 Å². The van der Waals surface area contributed by atoms with Gasteiger partial charge in [0, 0.05) is 35.0 Å². The summed E-state index contributed by atoms with van der Waals surface area (Å²) in [5.41, 5.74) is 0. The van der Waals surface area contributed by atoms with E-state index in [1.807, 2.05) is 11.3 Å². The van der Waals surface area contributed by atoms with E-state index in [2.05, 4.69) is 53.3 Å². The topological polar surface area (TPSA) is 15.3 Å². The third-order valence-electron chi connectivity index (χ3n) is 3.69. The number of hydrogen-bond donors (Lipinski definition) is 1. The van der Waals surface area contributed by atoms with Crippen LogP contribution < -0.4 is 5.32 Å². The molecule has 2 rings (SSSR count). The van der Waals surface area contributed by atoms with Crippen molar-refractivity contribution in [1.82, 2.24) is 10.2 Å².